The van der Waals surface area contributed by atoms with Crippen LogP contribution in [0, 0.1) is 10.1 Å². The molecule has 14 heteroatoms. The van der Waals surface area contributed by atoms with Gasteiger partial charge in [-0.1, -0.05) is 44.3 Å². The van der Waals surface area contributed by atoms with Crippen LogP contribution in [0.3, 0.4) is 0 Å². The summed E-state index contributed by atoms with van der Waals surface area (Å²) >= 11 is 0.443. The first-order valence-electron chi connectivity index (χ1n) is 11.1. The third kappa shape index (κ3) is 10.1. The molecule has 0 spiro atoms. The zero-order valence-corrected chi connectivity index (χ0v) is 20.5. The Labute approximate surface area is 201 Å². The Morgan fingerprint density at radius 3 is 2.47 bits per heavy atom. The third-order valence-electron chi connectivity index (χ3n) is 5.16. The fourth-order valence-corrected chi connectivity index (χ4v) is 4.96. The summed E-state index contributed by atoms with van der Waals surface area (Å²) in [5, 5.41) is 31.5. The number of nitrogens with one attached hydrogen (secondary N) is 1. The van der Waals surface area contributed by atoms with Gasteiger partial charge in [-0.2, -0.15) is 0 Å². The molecule has 0 radical (unpaired) electrons. The lowest BCUT2D eigenvalue weighted by Gasteiger charge is -2.15. The van der Waals surface area contributed by atoms with E-state index in [1.807, 2.05) is 6.08 Å². The summed E-state index contributed by atoms with van der Waals surface area (Å²) in [4.78, 5) is 28.1. The summed E-state index contributed by atoms with van der Waals surface area (Å²) < 4.78 is 15.5. The van der Waals surface area contributed by atoms with Gasteiger partial charge in [-0.25, -0.2) is 9.19 Å². The van der Waals surface area contributed by atoms with Crippen LogP contribution in [0.25, 0.3) is 11.0 Å². The highest BCUT2D eigenvalue weighted by Crippen LogP contribution is 2.50. The van der Waals surface area contributed by atoms with Crippen molar-refractivity contribution in [1.29, 1.82) is 0 Å². The number of hydrogen-bond donors (Lipinski definition) is 5. The van der Waals surface area contributed by atoms with Gasteiger partial charge in [-0.3, -0.25) is 10.1 Å². The Hall–Kier alpha value is -2.02. The van der Waals surface area contributed by atoms with Gasteiger partial charge in [0.15, 0.2) is 5.52 Å². The molecule has 2 rings (SSSR count). The number of aliphatic hydroxyl groups excluding tert-OH is 1. The molecule has 12 nitrogen and oxygen atoms in total. The number of nitro groups is 1. The highest BCUT2D eigenvalue weighted by Gasteiger charge is 2.20. The van der Waals surface area contributed by atoms with Crippen molar-refractivity contribution in [2.45, 2.75) is 63.5 Å². The molecule has 0 unspecified atom stereocenters. The van der Waals surface area contributed by atoms with Crippen LogP contribution in [0.2, 0.25) is 0 Å². The summed E-state index contributed by atoms with van der Waals surface area (Å²) in [6.45, 7) is -3.45. The third-order valence-corrected chi connectivity index (χ3v) is 7.49. The molecule has 1 heterocycles. The number of rotatable bonds is 17. The lowest BCUT2D eigenvalue weighted by molar-refractivity contribution is -0.383. The van der Waals surface area contributed by atoms with E-state index >= 15 is 0 Å². The van der Waals surface area contributed by atoms with Crippen LogP contribution < -0.4 is 11.1 Å². The molecular formula is C20H32N5O7PS. The van der Waals surface area contributed by atoms with Crippen molar-refractivity contribution in [3.8, 4) is 0 Å². The number of nitro benzene ring substituents is 1. The highest BCUT2D eigenvalue weighted by atomic mass is 32.7. The van der Waals surface area contributed by atoms with Crippen LogP contribution in [-0.2, 0) is 4.57 Å². The van der Waals surface area contributed by atoms with Crippen molar-refractivity contribution in [2.75, 3.05) is 17.6 Å². The van der Waals surface area contributed by atoms with E-state index in [9.17, 15) is 19.8 Å². The smallest absolute Gasteiger partial charge is 0.384 e. The number of non-ortho nitro benzene ring substituents is 1. The number of benzene rings is 1. The predicted octanol–water partition coefficient (Wildman–Crippen LogP) is 3.73. The molecule has 34 heavy (non-hydrogen) atoms. The van der Waals surface area contributed by atoms with Crippen LogP contribution >= 0.6 is 18.2 Å². The Bertz CT molecular complexity index is 983. The Balaban J connectivity index is 1.50. The van der Waals surface area contributed by atoms with E-state index in [4.69, 9.17) is 15.5 Å². The van der Waals surface area contributed by atoms with Crippen LogP contribution in [0.15, 0.2) is 28.9 Å². The Morgan fingerprint density at radius 1 is 1.15 bits per heavy atom. The van der Waals surface area contributed by atoms with Gasteiger partial charge in [0.05, 0.1) is 16.7 Å². The van der Waals surface area contributed by atoms with E-state index in [1.165, 1.54) is 6.07 Å². The van der Waals surface area contributed by atoms with E-state index in [0.29, 0.717) is 22.6 Å². The van der Waals surface area contributed by atoms with E-state index < -0.39 is 23.9 Å². The molecule has 190 valence electrons. The molecule has 0 saturated carbocycles. The minimum atomic E-state index is -4.17. The standard InChI is InChI=1S/C20H32N5O7PS/c21-15(14-34-33(29,30)31)18(26)10-8-6-4-2-1-3-5-7-9-13-22-16-11-12-17(25(27)28)20-19(16)23-32-24-20/h8,10-12,15,18,22,26H,1-7,9,13-14,21H2,(H2,29,30,31)/b10-8+/t15-,18+/m0/s1. The molecular weight excluding hydrogens is 485 g/mol. The van der Waals surface area contributed by atoms with Gasteiger partial charge in [0.25, 0.3) is 0 Å². The molecule has 0 fully saturated rings. The maximum absolute atomic E-state index is 11.0. The molecule has 0 saturated heterocycles. The molecule has 0 aliphatic heterocycles. The number of allylic oxidation sites excluding steroid dienone is 1. The molecule has 0 bridgehead atoms. The normalized spacial score (nSPS) is 14.0. The first-order valence-corrected chi connectivity index (χ1v) is 14.3. The molecule has 0 aliphatic carbocycles. The second kappa shape index (κ2) is 14.4. The average molecular weight is 518 g/mol. The van der Waals surface area contributed by atoms with Gasteiger partial charge >= 0.3 is 12.5 Å². The molecule has 2 atom stereocenters. The molecule has 1 aromatic carbocycles. The van der Waals surface area contributed by atoms with E-state index in [2.05, 4.69) is 20.3 Å². The number of nitrogens with two attached hydrogens (primary N) is 1. The van der Waals surface area contributed by atoms with Gasteiger partial charge < -0.3 is 25.9 Å². The summed E-state index contributed by atoms with van der Waals surface area (Å²) in [5.41, 5.74) is 6.76. The maximum Gasteiger partial charge on any atom is 0.384 e. The molecule has 2 aromatic rings. The van der Waals surface area contributed by atoms with Crippen molar-refractivity contribution in [3.63, 3.8) is 0 Å². The molecule has 1 aromatic heterocycles. The van der Waals surface area contributed by atoms with Crippen molar-refractivity contribution >= 4 is 40.6 Å². The van der Waals surface area contributed by atoms with Gasteiger partial charge in [-0.05, 0) is 47.0 Å². The SMILES string of the molecule is N[C@@H](CSP(=O)(O)O)[C@H](O)/C=C/CCCCCCCCCNc1ccc([N+](=O)[O-])c2nonc12. The number of unbranched alkanes of at least 4 members (excludes halogenated alkanes) is 7. The summed E-state index contributed by atoms with van der Waals surface area (Å²) in [7, 11) is 0. The molecule has 0 amide bonds. The molecule has 6 N–H and O–H groups in total. The van der Waals surface area contributed by atoms with Crippen molar-refractivity contribution < 1.29 is 29.0 Å². The zero-order valence-electron chi connectivity index (χ0n) is 18.8. The van der Waals surface area contributed by atoms with Crippen molar-refractivity contribution in [1.82, 2.24) is 10.3 Å². The topological polar surface area (TPSA) is 198 Å². The summed E-state index contributed by atoms with van der Waals surface area (Å²) in [6, 6.07) is 2.29. The fourth-order valence-electron chi connectivity index (χ4n) is 3.30. The number of aliphatic hydroxyl groups is 1. The summed E-state index contributed by atoms with van der Waals surface area (Å²) in [5.74, 6) is -0.0130. The largest absolute Gasteiger partial charge is 0.387 e. The van der Waals surface area contributed by atoms with E-state index in [1.54, 1.807) is 12.1 Å². The monoisotopic (exact) mass is 517 g/mol. The first kappa shape index (κ1) is 28.2. The number of aromatic nitrogens is 2. The van der Waals surface area contributed by atoms with E-state index in [-0.39, 0.29) is 17.0 Å². The minimum absolute atomic E-state index is 0.0130. The van der Waals surface area contributed by atoms with Gasteiger partial charge in [0.2, 0.25) is 5.52 Å². The highest BCUT2D eigenvalue weighted by molar-refractivity contribution is 8.54. The Kier molecular flexibility index (Phi) is 11.9. The minimum Gasteiger partial charge on any atom is -0.387 e. The average Bonchev–Trinajstić information content (AvgIpc) is 3.27. The van der Waals surface area contributed by atoms with Crippen LogP contribution in [0.5, 0.6) is 0 Å². The van der Waals surface area contributed by atoms with Crippen LogP contribution in [0.4, 0.5) is 11.4 Å². The lowest BCUT2D eigenvalue weighted by atomic mass is 10.1. The predicted molar refractivity (Wildman–Crippen MR) is 132 cm³/mol. The quantitative estimate of drug-likeness (QED) is 0.0670. The summed E-state index contributed by atoms with van der Waals surface area (Å²) in [6.07, 6.45) is 10.8. The van der Waals surface area contributed by atoms with Crippen LogP contribution in [-0.4, -0.2) is 54.6 Å². The Morgan fingerprint density at radius 2 is 1.79 bits per heavy atom. The van der Waals surface area contributed by atoms with Crippen molar-refractivity contribution in [2.24, 2.45) is 5.73 Å². The van der Waals surface area contributed by atoms with Gasteiger partial charge in [0, 0.05) is 24.4 Å². The van der Waals surface area contributed by atoms with Crippen molar-refractivity contribution in [3.05, 3.63) is 34.4 Å². The van der Waals surface area contributed by atoms with Gasteiger partial charge in [-0.15, -0.1) is 0 Å². The number of hydrogen-bond acceptors (Lipinski definition) is 10. The number of anilines is 1. The zero-order chi connectivity index (χ0) is 25.0. The lowest BCUT2D eigenvalue weighted by Crippen LogP contribution is -2.35. The number of nitrogens with zero attached hydrogens (tertiary/aromatic N) is 3. The second-order valence-electron chi connectivity index (χ2n) is 7.91. The first-order chi connectivity index (χ1) is 16.2. The van der Waals surface area contributed by atoms with Crippen LogP contribution in [0.1, 0.15) is 51.4 Å². The number of fused-ring (bicyclic) bond motifs is 1. The fraction of sp³-hybridized carbons (Fsp3) is 0.600. The molecule has 0 aliphatic rings. The maximum atomic E-state index is 11.0. The van der Waals surface area contributed by atoms with Gasteiger partial charge in [0.1, 0.15) is 0 Å². The van der Waals surface area contributed by atoms with E-state index in [0.717, 1.165) is 57.9 Å². The second-order valence-corrected chi connectivity index (χ2v) is 11.7.